The fourth-order valence-electron chi connectivity index (χ4n) is 6.30. The first-order valence-corrected chi connectivity index (χ1v) is 15.3. The van der Waals surface area contributed by atoms with E-state index in [1.54, 1.807) is 40.7 Å². The van der Waals surface area contributed by atoms with E-state index >= 15 is 0 Å². The Bertz CT molecular complexity index is 1690. The summed E-state index contributed by atoms with van der Waals surface area (Å²) in [7, 11) is 0. The molecule has 2 aliphatic heterocycles. The number of esters is 1. The maximum absolute atomic E-state index is 14.3. The Hall–Kier alpha value is -4.61. The van der Waals surface area contributed by atoms with Crippen LogP contribution < -0.4 is 15.5 Å². The van der Waals surface area contributed by atoms with Gasteiger partial charge in [-0.15, -0.1) is 0 Å². The average molecular weight is 640 g/mol. The van der Waals surface area contributed by atoms with E-state index in [2.05, 4.69) is 5.32 Å². The van der Waals surface area contributed by atoms with Crippen LogP contribution >= 0.6 is 0 Å². The van der Waals surface area contributed by atoms with Crippen molar-refractivity contribution in [1.29, 1.82) is 0 Å². The minimum atomic E-state index is -1.19. The zero-order chi connectivity index (χ0) is 33.2. The van der Waals surface area contributed by atoms with E-state index in [9.17, 15) is 32.3 Å². The van der Waals surface area contributed by atoms with Crippen LogP contribution in [0.15, 0.2) is 53.5 Å². The molecule has 9 nitrogen and oxygen atoms in total. The van der Waals surface area contributed by atoms with Crippen LogP contribution in [0.1, 0.15) is 84.5 Å². The zero-order valence-corrected chi connectivity index (χ0v) is 25.9. The molecule has 3 heterocycles. The number of halogens is 3. The smallest absolute Gasteiger partial charge is 0.305 e. The second-order valence-corrected chi connectivity index (χ2v) is 12.1. The van der Waals surface area contributed by atoms with Crippen molar-refractivity contribution >= 4 is 17.8 Å². The van der Waals surface area contributed by atoms with Gasteiger partial charge in [0.05, 0.1) is 12.6 Å². The minimum Gasteiger partial charge on any atom is -0.483 e. The van der Waals surface area contributed by atoms with E-state index in [0.29, 0.717) is 37.0 Å². The highest BCUT2D eigenvalue weighted by Crippen LogP contribution is 2.48. The molecule has 0 radical (unpaired) electrons. The molecule has 2 bridgehead atoms. The molecule has 46 heavy (non-hydrogen) atoms. The van der Waals surface area contributed by atoms with Crippen LogP contribution in [0.5, 0.6) is 5.75 Å². The van der Waals surface area contributed by atoms with Gasteiger partial charge in [-0.3, -0.25) is 19.2 Å². The zero-order valence-electron chi connectivity index (χ0n) is 25.9. The molecule has 3 atom stereocenters. The summed E-state index contributed by atoms with van der Waals surface area (Å²) in [5, 5.41) is 2.36. The predicted molar refractivity (Wildman–Crippen MR) is 162 cm³/mol. The number of aromatic nitrogens is 1. The van der Waals surface area contributed by atoms with E-state index < -0.39 is 63.8 Å². The fraction of sp³-hybridized carbons (Fsp3) is 0.412. The molecule has 1 unspecified atom stereocenters. The Kier molecular flexibility index (Phi) is 9.55. The number of fused-ring (bicyclic) bond motifs is 4. The van der Waals surface area contributed by atoms with Crippen LogP contribution in [0.4, 0.5) is 13.2 Å². The summed E-state index contributed by atoms with van der Waals surface area (Å²) >= 11 is 0. The highest BCUT2D eigenvalue weighted by molar-refractivity contribution is 5.99. The molecule has 1 aromatic heterocycles. The predicted octanol–water partition coefficient (Wildman–Crippen LogP) is 5.30. The van der Waals surface area contributed by atoms with Crippen molar-refractivity contribution in [1.82, 2.24) is 14.8 Å². The summed E-state index contributed by atoms with van der Waals surface area (Å²) in [5.41, 5.74) is -1.71. The summed E-state index contributed by atoms with van der Waals surface area (Å²) in [6.45, 7) is 5.44. The number of carbonyl (C=O) groups excluding carboxylic acids is 3. The van der Waals surface area contributed by atoms with Gasteiger partial charge in [-0.2, -0.15) is 0 Å². The second-order valence-electron chi connectivity index (χ2n) is 12.1. The number of nitrogens with zero attached hydrogens (tertiary/aromatic N) is 2. The first-order chi connectivity index (χ1) is 21.9. The number of rotatable bonds is 10. The van der Waals surface area contributed by atoms with Crippen LogP contribution in [-0.4, -0.2) is 46.4 Å². The van der Waals surface area contributed by atoms with Crippen LogP contribution in [-0.2, 0) is 22.7 Å². The van der Waals surface area contributed by atoms with Crippen molar-refractivity contribution in [2.45, 2.75) is 71.7 Å². The quantitative estimate of drug-likeness (QED) is 0.302. The van der Waals surface area contributed by atoms with Crippen LogP contribution in [0.2, 0.25) is 0 Å². The van der Waals surface area contributed by atoms with Crippen LogP contribution in [0, 0.1) is 22.9 Å². The number of ether oxygens (including phenoxy) is 2. The van der Waals surface area contributed by atoms with Crippen molar-refractivity contribution in [3.63, 3.8) is 0 Å². The number of benzene rings is 2. The largest absolute Gasteiger partial charge is 0.483 e. The lowest BCUT2D eigenvalue weighted by Crippen LogP contribution is -2.50. The SMILES string of the molecule is CCOC(=O)CC[C@@]1(C)CC[C@H](C)N2CC1n1cc(C(=O)NCc3c(F)cc(F)cc3F)c(=O)c(OCc3ccccc3)c1C2=O. The van der Waals surface area contributed by atoms with Crippen molar-refractivity contribution in [2.75, 3.05) is 13.2 Å². The maximum atomic E-state index is 14.3. The Morgan fingerprint density at radius 1 is 1.09 bits per heavy atom. The van der Waals surface area contributed by atoms with Gasteiger partial charge in [-0.25, -0.2) is 13.2 Å². The Labute approximate surface area is 264 Å². The summed E-state index contributed by atoms with van der Waals surface area (Å²) in [4.78, 5) is 55.6. The van der Waals surface area contributed by atoms with Crippen LogP contribution in [0.3, 0.4) is 0 Å². The topological polar surface area (TPSA) is 107 Å². The molecule has 2 aliphatic rings. The number of hydrogen-bond donors (Lipinski definition) is 1. The van der Waals surface area contributed by atoms with Gasteiger partial charge in [0.1, 0.15) is 29.6 Å². The van der Waals surface area contributed by atoms with Gasteiger partial charge in [-0.05, 0) is 44.1 Å². The lowest BCUT2D eigenvalue weighted by atomic mass is 9.74. The second kappa shape index (κ2) is 13.4. The third-order valence-electron chi connectivity index (χ3n) is 9.04. The summed E-state index contributed by atoms with van der Waals surface area (Å²) in [6, 6.07) is 9.33. The van der Waals surface area contributed by atoms with Crippen molar-refractivity contribution in [3.05, 3.63) is 98.7 Å². The van der Waals surface area contributed by atoms with Gasteiger partial charge in [0.15, 0.2) is 11.4 Å². The first-order valence-electron chi connectivity index (χ1n) is 15.3. The van der Waals surface area contributed by atoms with E-state index in [4.69, 9.17) is 9.47 Å². The fourth-order valence-corrected chi connectivity index (χ4v) is 6.30. The number of carbonyl (C=O) groups is 3. The standard InChI is InChI=1S/C34H36F3N3O6/c1-4-45-28(41)11-13-34(3)12-10-20(2)39-18-27(34)40-17-24(32(43)38-16-23-25(36)14-22(35)15-26(23)37)30(42)31(29(40)33(39)44)46-19-21-8-6-5-7-9-21/h5-9,14-15,17,20,27H,4,10-13,16,18-19H2,1-3H3,(H,38,43)/t20-,27?,34+/m0/s1. The maximum Gasteiger partial charge on any atom is 0.305 e. The Morgan fingerprint density at radius 3 is 2.46 bits per heavy atom. The number of amides is 2. The molecular weight excluding hydrogens is 603 g/mol. The third-order valence-corrected chi connectivity index (χ3v) is 9.04. The summed E-state index contributed by atoms with van der Waals surface area (Å²) in [6.07, 6.45) is 3.12. The van der Waals surface area contributed by atoms with E-state index in [0.717, 1.165) is 0 Å². The summed E-state index contributed by atoms with van der Waals surface area (Å²) in [5.74, 6) is -5.56. The number of pyridine rings is 1. The lowest BCUT2D eigenvalue weighted by Gasteiger charge is -2.44. The third kappa shape index (κ3) is 6.52. The molecule has 2 amide bonds. The normalized spacial score (nSPS) is 20.5. The molecule has 3 aromatic rings. The monoisotopic (exact) mass is 639 g/mol. The molecule has 0 spiro atoms. The van der Waals surface area contributed by atoms with Gasteiger partial charge < -0.3 is 24.3 Å². The van der Waals surface area contributed by atoms with E-state index in [1.165, 1.54) is 6.20 Å². The molecule has 1 N–H and O–H groups in total. The molecule has 12 heteroatoms. The molecule has 5 rings (SSSR count). The number of hydrogen-bond acceptors (Lipinski definition) is 6. The molecular formula is C34H36F3N3O6. The van der Waals surface area contributed by atoms with Crippen molar-refractivity contribution in [3.8, 4) is 5.75 Å². The first kappa shape index (κ1) is 32.8. The molecule has 244 valence electrons. The molecule has 1 saturated heterocycles. The van der Waals surface area contributed by atoms with Gasteiger partial charge in [0.2, 0.25) is 5.43 Å². The van der Waals surface area contributed by atoms with Gasteiger partial charge in [-0.1, -0.05) is 37.3 Å². The average Bonchev–Trinajstić information content (AvgIpc) is 3.13. The van der Waals surface area contributed by atoms with Crippen LogP contribution in [0.25, 0.3) is 0 Å². The number of nitrogens with one attached hydrogen (secondary N) is 1. The van der Waals surface area contributed by atoms with Crippen molar-refractivity contribution < 1.29 is 37.0 Å². The Balaban J connectivity index is 1.60. The summed E-state index contributed by atoms with van der Waals surface area (Å²) < 4.78 is 54.9. The van der Waals surface area contributed by atoms with E-state index in [-0.39, 0.29) is 49.6 Å². The van der Waals surface area contributed by atoms with Gasteiger partial charge in [0.25, 0.3) is 11.8 Å². The highest BCUT2D eigenvalue weighted by Gasteiger charge is 2.48. The lowest BCUT2D eigenvalue weighted by molar-refractivity contribution is -0.144. The minimum absolute atomic E-state index is 0.0135. The van der Waals surface area contributed by atoms with Crippen molar-refractivity contribution in [2.24, 2.45) is 5.41 Å². The molecule has 1 fully saturated rings. The Morgan fingerprint density at radius 2 is 1.78 bits per heavy atom. The van der Waals surface area contributed by atoms with Gasteiger partial charge >= 0.3 is 5.97 Å². The molecule has 0 aliphatic carbocycles. The molecule has 0 saturated carbocycles. The molecule has 2 aromatic carbocycles. The van der Waals surface area contributed by atoms with Gasteiger partial charge in [0, 0.05) is 49.4 Å². The van der Waals surface area contributed by atoms with E-state index in [1.807, 2.05) is 19.9 Å². The highest BCUT2D eigenvalue weighted by atomic mass is 19.1.